The molecule has 4 aromatic rings. The molecular formula is C28H29N3O2S. The molecular weight excluding hydrogens is 442 g/mol. The van der Waals surface area contributed by atoms with E-state index in [4.69, 9.17) is 0 Å². The quantitative estimate of drug-likeness (QED) is 0.389. The number of aromatic nitrogens is 2. The van der Waals surface area contributed by atoms with Crippen LogP contribution in [0.2, 0.25) is 0 Å². The Balaban J connectivity index is 1.51. The highest BCUT2D eigenvalue weighted by Crippen LogP contribution is 2.34. The van der Waals surface area contributed by atoms with Crippen molar-refractivity contribution >= 4 is 33.1 Å². The number of amides is 1. The Hall–Kier alpha value is -3.25. The topological polar surface area (TPSA) is 64.0 Å². The SMILES string of the molecule is Cc1cc(C)c(NC(=O)C(C)n2cnc3scc(-c4ccc5c(c4)CCCC5)c3c2=O)c(C)c1. The largest absolute Gasteiger partial charge is 0.324 e. The highest BCUT2D eigenvalue weighted by molar-refractivity contribution is 7.17. The average Bonchev–Trinajstić information content (AvgIpc) is 3.26. The minimum Gasteiger partial charge on any atom is -0.324 e. The molecule has 0 bridgehead atoms. The van der Waals surface area contributed by atoms with Gasteiger partial charge < -0.3 is 5.32 Å². The first-order valence-corrected chi connectivity index (χ1v) is 12.7. The molecule has 1 aliphatic rings. The van der Waals surface area contributed by atoms with Crippen molar-refractivity contribution in [3.8, 4) is 11.1 Å². The molecule has 1 aliphatic carbocycles. The second-order valence-electron chi connectivity index (χ2n) is 9.42. The number of rotatable bonds is 4. The average molecular weight is 472 g/mol. The summed E-state index contributed by atoms with van der Waals surface area (Å²) in [6, 6.07) is 9.94. The molecule has 0 radical (unpaired) electrons. The molecule has 0 fully saturated rings. The maximum atomic E-state index is 13.6. The number of carbonyl (C=O) groups is 1. The van der Waals surface area contributed by atoms with E-state index < -0.39 is 6.04 Å². The number of nitrogens with one attached hydrogen (secondary N) is 1. The molecule has 0 spiro atoms. The fourth-order valence-corrected chi connectivity index (χ4v) is 5.97. The van der Waals surface area contributed by atoms with E-state index in [9.17, 15) is 9.59 Å². The van der Waals surface area contributed by atoms with Crippen LogP contribution in [-0.4, -0.2) is 15.5 Å². The highest BCUT2D eigenvalue weighted by atomic mass is 32.1. The lowest BCUT2D eigenvalue weighted by atomic mass is 9.89. The number of anilines is 1. The monoisotopic (exact) mass is 471 g/mol. The lowest BCUT2D eigenvalue weighted by Gasteiger charge is -2.18. The van der Waals surface area contributed by atoms with E-state index in [1.807, 2.05) is 38.3 Å². The van der Waals surface area contributed by atoms with Gasteiger partial charge in [-0.2, -0.15) is 0 Å². The highest BCUT2D eigenvalue weighted by Gasteiger charge is 2.22. The van der Waals surface area contributed by atoms with Gasteiger partial charge in [-0.1, -0.05) is 35.9 Å². The number of hydrogen-bond donors (Lipinski definition) is 1. The Bertz CT molecular complexity index is 1460. The first-order valence-electron chi connectivity index (χ1n) is 11.8. The van der Waals surface area contributed by atoms with Crippen LogP contribution in [0.5, 0.6) is 0 Å². The Morgan fingerprint density at radius 3 is 2.50 bits per heavy atom. The van der Waals surface area contributed by atoms with Crippen LogP contribution in [0.3, 0.4) is 0 Å². The van der Waals surface area contributed by atoms with Gasteiger partial charge in [0.1, 0.15) is 10.9 Å². The zero-order chi connectivity index (χ0) is 24.0. The van der Waals surface area contributed by atoms with Crippen LogP contribution >= 0.6 is 11.3 Å². The standard InChI is InChI=1S/C28H29N3O2S/c1-16-11-17(2)25(18(3)12-16)30-26(32)19(4)31-15-29-27-24(28(31)33)23(14-34-27)22-10-9-20-7-5-6-8-21(20)13-22/h9-15,19H,5-8H2,1-4H3,(H,30,32). The third-order valence-corrected chi connectivity index (χ3v) is 7.79. The smallest absolute Gasteiger partial charge is 0.263 e. The number of thiophene rings is 1. The van der Waals surface area contributed by atoms with Crippen LogP contribution in [0.25, 0.3) is 21.3 Å². The van der Waals surface area contributed by atoms with Crippen molar-refractivity contribution < 1.29 is 4.79 Å². The predicted octanol–water partition coefficient (Wildman–Crippen LogP) is 6.13. The molecule has 5 nitrogen and oxygen atoms in total. The van der Waals surface area contributed by atoms with E-state index >= 15 is 0 Å². The van der Waals surface area contributed by atoms with Crippen LogP contribution < -0.4 is 10.9 Å². The third kappa shape index (κ3) is 3.96. The number of benzene rings is 2. The molecule has 1 atom stereocenters. The number of carbonyl (C=O) groups excluding carboxylic acids is 1. The van der Waals surface area contributed by atoms with Gasteiger partial charge in [0.25, 0.3) is 5.56 Å². The van der Waals surface area contributed by atoms with Gasteiger partial charge >= 0.3 is 0 Å². The van der Waals surface area contributed by atoms with E-state index in [0.717, 1.165) is 46.3 Å². The molecule has 0 saturated heterocycles. The van der Waals surface area contributed by atoms with Crippen LogP contribution in [0, 0.1) is 20.8 Å². The maximum Gasteiger partial charge on any atom is 0.263 e. The number of fused-ring (bicyclic) bond motifs is 2. The van der Waals surface area contributed by atoms with Crippen molar-refractivity contribution in [2.45, 2.75) is 59.4 Å². The molecule has 0 aliphatic heterocycles. The second kappa shape index (κ2) is 8.84. The van der Waals surface area contributed by atoms with Gasteiger partial charge in [-0.15, -0.1) is 11.3 Å². The molecule has 1 amide bonds. The van der Waals surface area contributed by atoms with Crippen molar-refractivity contribution in [3.05, 3.63) is 80.2 Å². The van der Waals surface area contributed by atoms with Crippen LogP contribution in [-0.2, 0) is 17.6 Å². The van der Waals surface area contributed by atoms with Gasteiger partial charge in [0.2, 0.25) is 5.91 Å². The molecule has 34 heavy (non-hydrogen) atoms. The fraction of sp³-hybridized carbons (Fsp3) is 0.321. The summed E-state index contributed by atoms with van der Waals surface area (Å²) in [6.45, 7) is 7.75. The first kappa shape index (κ1) is 22.5. The first-order chi connectivity index (χ1) is 16.3. The van der Waals surface area contributed by atoms with Crippen LogP contribution in [0.15, 0.2) is 46.8 Å². The minimum absolute atomic E-state index is 0.182. The van der Waals surface area contributed by atoms with Gasteiger partial charge in [0, 0.05) is 16.6 Å². The van der Waals surface area contributed by atoms with E-state index in [0.29, 0.717) is 10.2 Å². The minimum atomic E-state index is -0.694. The molecule has 1 N–H and O–H groups in total. The molecule has 0 saturated carbocycles. The Morgan fingerprint density at radius 1 is 1.06 bits per heavy atom. The fourth-order valence-electron chi connectivity index (χ4n) is 5.07. The van der Waals surface area contributed by atoms with Crippen molar-refractivity contribution in [3.63, 3.8) is 0 Å². The molecule has 6 heteroatoms. The molecule has 2 aromatic carbocycles. The van der Waals surface area contributed by atoms with Crippen molar-refractivity contribution in [1.29, 1.82) is 0 Å². The van der Waals surface area contributed by atoms with Crippen molar-refractivity contribution in [1.82, 2.24) is 9.55 Å². The summed E-state index contributed by atoms with van der Waals surface area (Å²) >= 11 is 1.47. The predicted molar refractivity (Wildman–Crippen MR) is 140 cm³/mol. The number of hydrogen-bond acceptors (Lipinski definition) is 4. The zero-order valence-electron chi connectivity index (χ0n) is 20.1. The summed E-state index contributed by atoms with van der Waals surface area (Å²) in [4.78, 5) is 32.0. The van der Waals surface area contributed by atoms with Crippen LogP contribution in [0.1, 0.15) is 53.6 Å². The second-order valence-corrected chi connectivity index (χ2v) is 10.3. The summed E-state index contributed by atoms with van der Waals surface area (Å²) in [5, 5.41) is 5.63. The summed E-state index contributed by atoms with van der Waals surface area (Å²) in [5.74, 6) is -0.233. The van der Waals surface area contributed by atoms with E-state index in [-0.39, 0.29) is 11.5 Å². The van der Waals surface area contributed by atoms with Crippen LogP contribution in [0.4, 0.5) is 5.69 Å². The Morgan fingerprint density at radius 2 is 1.76 bits per heavy atom. The maximum absolute atomic E-state index is 13.6. The Kier molecular flexibility index (Phi) is 5.86. The molecule has 1 unspecified atom stereocenters. The summed E-state index contributed by atoms with van der Waals surface area (Å²) < 4.78 is 1.45. The summed E-state index contributed by atoms with van der Waals surface area (Å²) in [5.41, 5.74) is 8.52. The van der Waals surface area contributed by atoms with E-state index in [1.165, 1.54) is 46.2 Å². The van der Waals surface area contributed by atoms with Gasteiger partial charge in [0.15, 0.2) is 0 Å². The van der Waals surface area contributed by atoms with E-state index in [2.05, 4.69) is 28.5 Å². The van der Waals surface area contributed by atoms with Gasteiger partial charge in [0.05, 0.1) is 11.7 Å². The number of aryl methyl sites for hydroxylation is 5. The van der Waals surface area contributed by atoms with E-state index in [1.54, 1.807) is 6.92 Å². The van der Waals surface area contributed by atoms with Crippen molar-refractivity contribution in [2.24, 2.45) is 0 Å². The Labute approximate surface area is 203 Å². The molecule has 5 rings (SSSR count). The normalized spacial score (nSPS) is 14.1. The zero-order valence-corrected chi connectivity index (χ0v) is 20.9. The van der Waals surface area contributed by atoms with Gasteiger partial charge in [-0.3, -0.25) is 14.2 Å². The lowest BCUT2D eigenvalue weighted by molar-refractivity contribution is -0.118. The lowest BCUT2D eigenvalue weighted by Crippen LogP contribution is -2.32. The van der Waals surface area contributed by atoms with Gasteiger partial charge in [-0.05, 0) is 81.2 Å². The third-order valence-electron chi connectivity index (χ3n) is 6.90. The van der Waals surface area contributed by atoms with Gasteiger partial charge in [-0.25, -0.2) is 4.98 Å². The molecule has 174 valence electrons. The molecule has 2 heterocycles. The number of nitrogens with zero attached hydrogens (tertiary/aromatic N) is 2. The van der Waals surface area contributed by atoms with Crippen molar-refractivity contribution in [2.75, 3.05) is 5.32 Å². The summed E-state index contributed by atoms with van der Waals surface area (Å²) in [6.07, 6.45) is 6.16. The summed E-state index contributed by atoms with van der Waals surface area (Å²) in [7, 11) is 0. The molecule has 2 aromatic heterocycles.